The van der Waals surface area contributed by atoms with E-state index < -0.39 is 12.0 Å². The number of carbonyl (C=O) groups is 2. The highest BCUT2D eigenvalue weighted by molar-refractivity contribution is 6.07. The lowest BCUT2D eigenvalue weighted by molar-refractivity contribution is 0.0600. The van der Waals surface area contributed by atoms with E-state index in [1.54, 1.807) is 36.1 Å². The van der Waals surface area contributed by atoms with Crippen molar-refractivity contribution in [1.29, 1.82) is 0 Å². The van der Waals surface area contributed by atoms with Crippen LogP contribution in [0.2, 0.25) is 0 Å². The molecule has 1 aromatic heterocycles. The second-order valence-electron chi connectivity index (χ2n) is 9.06. The fourth-order valence-electron chi connectivity index (χ4n) is 3.72. The lowest BCUT2D eigenvalue weighted by Crippen LogP contribution is -2.21. The van der Waals surface area contributed by atoms with Crippen LogP contribution in [0, 0.1) is 0 Å². The molecule has 0 unspecified atom stereocenters. The summed E-state index contributed by atoms with van der Waals surface area (Å²) in [5.74, 6) is 0.808. The number of amides is 2. The average molecular weight is 473 g/mol. The number of hydrogen-bond donors (Lipinski definition) is 2. The molecule has 180 valence electrons. The minimum atomic E-state index is -0.420. The highest BCUT2D eigenvalue weighted by atomic mass is 16.5. The van der Waals surface area contributed by atoms with Crippen LogP contribution in [-0.2, 0) is 10.2 Å². The van der Waals surface area contributed by atoms with E-state index >= 15 is 0 Å². The number of hydrogen-bond acceptors (Lipinski definition) is 5. The Hall–Kier alpha value is -4.33. The van der Waals surface area contributed by atoms with E-state index in [0.29, 0.717) is 22.8 Å². The Balaban J connectivity index is 1.65. The summed E-state index contributed by atoms with van der Waals surface area (Å²) >= 11 is 0. The molecule has 0 atom stereocenters. The van der Waals surface area contributed by atoms with Crippen molar-refractivity contribution in [3.05, 3.63) is 78.0 Å². The monoisotopic (exact) mass is 472 g/mol. The molecule has 0 saturated heterocycles. The van der Waals surface area contributed by atoms with Crippen LogP contribution in [0.3, 0.4) is 0 Å². The zero-order valence-electron chi connectivity index (χ0n) is 20.4. The largest absolute Gasteiger partial charge is 0.496 e. The second kappa shape index (κ2) is 9.50. The number of rotatable bonds is 5. The number of esters is 1. The quantitative estimate of drug-likeness (QED) is 0.360. The van der Waals surface area contributed by atoms with Crippen LogP contribution in [0.25, 0.3) is 16.5 Å². The van der Waals surface area contributed by atoms with Crippen molar-refractivity contribution in [2.75, 3.05) is 24.9 Å². The van der Waals surface area contributed by atoms with E-state index in [0.717, 1.165) is 22.2 Å². The molecule has 2 N–H and O–H groups in total. The normalized spacial score (nSPS) is 11.2. The Kier molecular flexibility index (Phi) is 6.46. The van der Waals surface area contributed by atoms with E-state index in [-0.39, 0.29) is 5.41 Å². The van der Waals surface area contributed by atoms with E-state index in [9.17, 15) is 9.59 Å². The number of methoxy groups -OCH3 is 2. The third kappa shape index (κ3) is 4.96. The van der Waals surface area contributed by atoms with E-state index in [2.05, 4.69) is 10.6 Å². The van der Waals surface area contributed by atoms with Gasteiger partial charge in [0, 0.05) is 22.3 Å². The first-order valence-corrected chi connectivity index (χ1v) is 11.1. The molecule has 0 fully saturated rings. The SMILES string of the molecule is COC(=O)c1ccc(-n2nc(C(C)(C)C)cc2NC(=O)Nc2ccc(OC)c3ccccc23)cc1. The maximum atomic E-state index is 13.0. The molecule has 0 saturated carbocycles. The van der Waals surface area contributed by atoms with Gasteiger partial charge in [0.1, 0.15) is 11.6 Å². The zero-order chi connectivity index (χ0) is 25.2. The van der Waals surface area contributed by atoms with Crippen molar-refractivity contribution in [1.82, 2.24) is 9.78 Å². The van der Waals surface area contributed by atoms with Crippen LogP contribution in [0.5, 0.6) is 5.75 Å². The number of aromatic nitrogens is 2. The number of anilines is 2. The third-order valence-electron chi connectivity index (χ3n) is 5.60. The summed E-state index contributed by atoms with van der Waals surface area (Å²) in [5.41, 5.74) is 2.34. The molecule has 8 nitrogen and oxygen atoms in total. The first kappa shape index (κ1) is 23.8. The summed E-state index contributed by atoms with van der Waals surface area (Å²) in [6.45, 7) is 6.15. The van der Waals surface area contributed by atoms with Crippen molar-refractivity contribution in [3.63, 3.8) is 0 Å². The Morgan fingerprint density at radius 3 is 2.20 bits per heavy atom. The van der Waals surface area contributed by atoms with Crippen molar-refractivity contribution in [3.8, 4) is 11.4 Å². The van der Waals surface area contributed by atoms with Crippen LogP contribution in [0.4, 0.5) is 16.3 Å². The Labute approximate surface area is 203 Å². The van der Waals surface area contributed by atoms with Gasteiger partial charge in [-0.3, -0.25) is 5.32 Å². The maximum Gasteiger partial charge on any atom is 0.337 e. The molecular formula is C27H28N4O4. The topological polar surface area (TPSA) is 94.5 Å². The fraction of sp³-hybridized carbons (Fsp3) is 0.222. The Bertz CT molecular complexity index is 1380. The Morgan fingerprint density at radius 1 is 0.886 bits per heavy atom. The van der Waals surface area contributed by atoms with Crippen molar-refractivity contribution < 1.29 is 19.1 Å². The highest BCUT2D eigenvalue weighted by Gasteiger charge is 2.22. The first-order chi connectivity index (χ1) is 16.7. The molecular weight excluding hydrogens is 444 g/mol. The number of carbonyl (C=O) groups excluding carboxylic acids is 2. The molecule has 0 aliphatic heterocycles. The van der Waals surface area contributed by atoms with Gasteiger partial charge >= 0.3 is 12.0 Å². The van der Waals surface area contributed by atoms with Gasteiger partial charge in [0.15, 0.2) is 0 Å². The summed E-state index contributed by atoms with van der Waals surface area (Å²) in [4.78, 5) is 24.8. The molecule has 0 aliphatic rings. The highest BCUT2D eigenvalue weighted by Crippen LogP contribution is 2.32. The standard InChI is InChI=1S/C27H28N4O4/c1-27(2,3)23-16-24(31(30-23)18-12-10-17(11-13-18)25(32)35-5)29-26(33)28-21-14-15-22(34-4)20-9-7-6-8-19(20)21/h6-16H,1-5H3,(H2,28,29,33). The van der Waals surface area contributed by atoms with Gasteiger partial charge in [0.05, 0.1) is 36.9 Å². The van der Waals surface area contributed by atoms with Gasteiger partial charge in [-0.05, 0) is 36.4 Å². The average Bonchev–Trinajstić information content (AvgIpc) is 3.28. The van der Waals surface area contributed by atoms with E-state index in [1.807, 2.05) is 63.2 Å². The smallest absolute Gasteiger partial charge is 0.337 e. The van der Waals surface area contributed by atoms with Crippen LogP contribution in [-0.4, -0.2) is 36.0 Å². The molecule has 0 radical (unpaired) electrons. The minimum Gasteiger partial charge on any atom is -0.496 e. The van der Waals surface area contributed by atoms with Crippen LogP contribution < -0.4 is 15.4 Å². The molecule has 8 heteroatoms. The molecule has 0 aliphatic carbocycles. The van der Waals surface area contributed by atoms with Crippen molar-refractivity contribution in [2.24, 2.45) is 0 Å². The van der Waals surface area contributed by atoms with Gasteiger partial charge in [-0.1, -0.05) is 45.0 Å². The lowest BCUT2D eigenvalue weighted by atomic mass is 9.92. The van der Waals surface area contributed by atoms with Crippen LogP contribution in [0.1, 0.15) is 36.8 Å². The minimum absolute atomic E-state index is 0.240. The number of benzene rings is 3. The third-order valence-corrected chi connectivity index (χ3v) is 5.60. The van der Waals surface area contributed by atoms with Gasteiger partial charge < -0.3 is 14.8 Å². The summed E-state index contributed by atoms with van der Waals surface area (Å²) < 4.78 is 11.9. The van der Waals surface area contributed by atoms with Gasteiger partial charge in [0.2, 0.25) is 0 Å². The van der Waals surface area contributed by atoms with Crippen LogP contribution in [0.15, 0.2) is 66.7 Å². The lowest BCUT2D eigenvalue weighted by Gasteiger charge is -2.14. The van der Waals surface area contributed by atoms with Gasteiger partial charge in [-0.15, -0.1) is 0 Å². The zero-order valence-corrected chi connectivity index (χ0v) is 20.4. The number of fused-ring (bicyclic) bond motifs is 1. The maximum absolute atomic E-state index is 13.0. The molecule has 2 amide bonds. The number of ether oxygens (including phenoxy) is 2. The van der Waals surface area contributed by atoms with Crippen molar-refractivity contribution >= 4 is 34.3 Å². The number of nitrogens with zero attached hydrogens (tertiary/aromatic N) is 2. The fourth-order valence-corrected chi connectivity index (χ4v) is 3.72. The van der Waals surface area contributed by atoms with E-state index in [4.69, 9.17) is 14.6 Å². The van der Waals surface area contributed by atoms with E-state index in [1.165, 1.54) is 7.11 Å². The first-order valence-electron chi connectivity index (χ1n) is 11.1. The van der Waals surface area contributed by atoms with Crippen molar-refractivity contribution in [2.45, 2.75) is 26.2 Å². The number of nitrogens with one attached hydrogen (secondary N) is 2. The van der Waals surface area contributed by atoms with Gasteiger partial charge in [-0.2, -0.15) is 5.10 Å². The molecule has 1 heterocycles. The summed E-state index contributed by atoms with van der Waals surface area (Å²) in [7, 11) is 2.96. The molecule has 35 heavy (non-hydrogen) atoms. The Morgan fingerprint density at radius 2 is 1.57 bits per heavy atom. The number of urea groups is 1. The van der Waals surface area contributed by atoms with Crippen LogP contribution >= 0.6 is 0 Å². The van der Waals surface area contributed by atoms with Gasteiger partial charge in [-0.25, -0.2) is 14.3 Å². The summed E-state index contributed by atoms with van der Waals surface area (Å²) in [5, 5.41) is 12.3. The summed E-state index contributed by atoms with van der Waals surface area (Å²) in [6, 6.07) is 19.6. The molecule has 3 aromatic carbocycles. The molecule has 4 rings (SSSR count). The van der Waals surface area contributed by atoms with Gasteiger partial charge in [0.25, 0.3) is 0 Å². The molecule has 0 bridgehead atoms. The second-order valence-corrected chi connectivity index (χ2v) is 9.06. The summed E-state index contributed by atoms with van der Waals surface area (Å²) in [6.07, 6.45) is 0. The molecule has 4 aromatic rings. The predicted octanol–water partition coefficient (Wildman–Crippen LogP) is 5.76. The molecule has 0 spiro atoms. The predicted molar refractivity (Wildman–Crippen MR) is 137 cm³/mol.